The van der Waals surface area contributed by atoms with E-state index in [0.717, 1.165) is 29.5 Å². The molecule has 282 valence electrons. The van der Waals surface area contributed by atoms with Gasteiger partial charge in [-0.25, -0.2) is 18.2 Å². The highest BCUT2D eigenvalue weighted by Gasteiger charge is 2.62. The van der Waals surface area contributed by atoms with Gasteiger partial charge >= 0.3 is 6.09 Å². The molecule has 0 bridgehead atoms. The van der Waals surface area contributed by atoms with Crippen LogP contribution in [0.15, 0.2) is 37.1 Å². The molecule has 6 rings (SSSR count). The molecule has 2 aromatic rings. The van der Waals surface area contributed by atoms with Crippen molar-refractivity contribution < 1.29 is 41.8 Å². The van der Waals surface area contributed by atoms with E-state index in [1.807, 2.05) is 18.2 Å². The lowest BCUT2D eigenvalue weighted by molar-refractivity contribution is -0.143. The summed E-state index contributed by atoms with van der Waals surface area (Å²) in [6.45, 7) is 14.8. The first-order valence-electron chi connectivity index (χ1n) is 17.8. The van der Waals surface area contributed by atoms with Crippen LogP contribution in [-0.2, 0) is 35.6 Å². The van der Waals surface area contributed by atoms with Crippen LogP contribution < -0.4 is 24.8 Å². The maximum Gasteiger partial charge on any atom is 0.408 e. The summed E-state index contributed by atoms with van der Waals surface area (Å²) in [5.41, 5.74) is -2.10. The van der Waals surface area contributed by atoms with Crippen molar-refractivity contribution in [2.75, 3.05) is 13.2 Å². The van der Waals surface area contributed by atoms with Crippen molar-refractivity contribution in [1.29, 1.82) is 0 Å². The zero-order chi connectivity index (χ0) is 37.8. The fourth-order valence-electron chi connectivity index (χ4n) is 6.94. The number of alkyl carbamates (subject to hydrolysis) is 1. The number of hydrogen-bond donors (Lipinski definition) is 3. The Hall–Kier alpha value is -4.40. The molecule has 3 N–H and O–H groups in total. The van der Waals surface area contributed by atoms with Crippen LogP contribution in [0.25, 0.3) is 10.8 Å². The SMILES string of the molecule is C=C[C@@H]1C[C@]1(NC(=O)[C@@H]1C[C@@H](Oc2nccc3c4c(ccc23)CCCO4)CN1C(=O)[C@@H](NC(=O)OC(C)(C)C)C(C)(C)C)C(=O)NS(=O)(=O)C1CC1. The number of likely N-dealkylation sites (tertiary alicyclic amines) is 1. The lowest BCUT2D eigenvalue weighted by Gasteiger charge is -2.36. The van der Waals surface area contributed by atoms with Crippen molar-refractivity contribution in [3.8, 4) is 11.6 Å². The summed E-state index contributed by atoms with van der Waals surface area (Å²) in [7, 11) is -3.90. The van der Waals surface area contributed by atoms with Gasteiger partial charge in [-0.2, -0.15) is 0 Å². The molecule has 3 fully saturated rings. The maximum absolute atomic E-state index is 14.5. The number of fused-ring (bicyclic) bond motifs is 3. The van der Waals surface area contributed by atoms with Gasteiger partial charge in [-0.05, 0) is 76.0 Å². The van der Waals surface area contributed by atoms with E-state index in [1.165, 1.54) is 11.0 Å². The highest BCUT2D eigenvalue weighted by Crippen LogP contribution is 2.46. The van der Waals surface area contributed by atoms with E-state index in [1.54, 1.807) is 47.7 Å². The van der Waals surface area contributed by atoms with Crippen molar-refractivity contribution in [3.05, 3.63) is 42.6 Å². The van der Waals surface area contributed by atoms with Gasteiger partial charge in [0.2, 0.25) is 27.7 Å². The minimum Gasteiger partial charge on any atom is -0.493 e. The molecule has 2 aliphatic heterocycles. The second kappa shape index (κ2) is 13.5. The van der Waals surface area contributed by atoms with Gasteiger partial charge in [0.05, 0.1) is 18.4 Å². The maximum atomic E-state index is 14.5. The predicted octanol–water partition coefficient (Wildman–Crippen LogP) is 3.52. The fraction of sp³-hybridized carbons (Fsp3) is 0.595. The average molecular weight is 740 g/mol. The first kappa shape index (κ1) is 37.4. The van der Waals surface area contributed by atoms with Gasteiger partial charge in [-0.3, -0.25) is 19.1 Å². The Morgan fingerprint density at radius 2 is 1.83 bits per heavy atom. The Morgan fingerprint density at radius 1 is 1.10 bits per heavy atom. The first-order chi connectivity index (χ1) is 24.3. The van der Waals surface area contributed by atoms with E-state index in [9.17, 15) is 27.6 Å². The molecule has 5 atom stereocenters. The highest BCUT2D eigenvalue weighted by molar-refractivity contribution is 7.91. The van der Waals surface area contributed by atoms with Crippen LogP contribution in [0, 0.1) is 11.3 Å². The van der Waals surface area contributed by atoms with Gasteiger partial charge in [0.15, 0.2) is 0 Å². The number of aryl methyl sites for hydroxylation is 1. The van der Waals surface area contributed by atoms with E-state index in [-0.39, 0.29) is 19.4 Å². The number of hydrogen-bond acceptors (Lipinski definition) is 10. The van der Waals surface area contributed by atoms with Crippen molar-refractivity contribution >= 4 is 44.6 Å². The van der Waals surface area contributed by atoms with E-state index in [2.05, 4.69) is 26.9 Å². The summed E-state index contributed by atoms with van der Waals surface area (Å²) in [5, 5.41) is 6.42. The summed E-state index contributed by atoms with van der Waals surface area (Å²) in [6, 6.07) is 3.52. The molecule has 1 aromatic carbocycles. The second-order valence-corrected chi connectivity index (χ2v) is 18.3. The third-order valence-electron chi connectivity index (χ3n) is 9.93. The molecule has 2 aliphatic carbocycles. The summed E-state index contributed by atoms with van der Waals surface area (Å²) in [4.78, 5) is 61.1. The summed E-state index contributed by atoms with van der Waals surface area (Å²) in [6.07, 6.45) is 4.52. The quantitative estimate of drug-likeness (QED) is 0.305. The number of nitrogens with zero attached hydrogens (tertiary/aromatic N) is 2. The van der Waals surface area contributed by atoms with Crippen LogP contribution in [0.4, 0.5) is 4.79 Å². The topological polar surface area (TPSA) is 182 Å². The average Bonchev–Trinajstić information content (AvgIpc) is 3.99. The van der Waals surface area contributed by atoms with Gasteiger partial charge < -0.3 is 29.7 Å². The number of rotatable bonds is 10. The molecule has 1 saturated heterocycles. The molecule has 0 unspecified atom stereocenters. The van der Waals surface area contributed by atoms with Gasteiger partial charge in [0, 0.05) is 29.3 Å². The summed E-state index contributed by atoms with van der Waals surface area (Å²) < 4.78 is 45.5. The lowest BCUT2D eigenvalue weighted by atomic mass is 9.85. The molecule has 0 radical (unpaired) electrons. The van der Waals surface area contributed by atoms with E-state index < -0.39 is 79.7 Å². The Labute approximate surface area is 304 Å². The second-order valence-electron chi connectivity index (χ2n) is 16.3. The number of carbonyl (C=O) groups is 4. The van der Waals surface area contributed by atoms with Crippen molar-refractivity contribution in [2.45, 2.75) is 115 Å². The predicted molar refractivity (Wildman–Crippen MR) is 192 cm³/mol. The smallest absolute Gasteiger partial charge is 0.408 e. The normalized spacial score (nSPS) is 24.9. The molecular weight excluding hydrogens is 691 g/mol. The molecule has 4 amide bonds. The Morgan fingerprint density at radius 3 is 2.46 bits per heavy atom. The lowest BCUT2D eigenvalue weighted by Crippen LogP contribution is -2.60. The highest BCUT2D eigenvalue weighted by atomic mass is 32.2. The van der Waals surface area contributed by atoms with Crippen LogP contribution in [0.1, 0.15) is 79.2 Å². The first-order valence-corrected chi connectivity index (χ1v) is 19.4. The zero-order valence-corrected chi connectivity index (χ0v) is 31.4. The Bertz CT molecular complexity index is 1900. The standard InChI is InChI=1S/C37H49N5O9S/c1-8-22-19-37(22,33(45)41-52(47,48)24-12-13-24)40-30(43)27-18-23(20-42(27)32(44)29(35(2,3)4)39-34(46)51-36(5,6)7)50-31-26-14-11-21-10-9-17-49-28(21)25(26)15-16-38-31/h8,11,14-16,22-24,27,29H,1,9-10,12-13,17-20H2,2-7H3,(H,39,46)(H,40,43)(H,41,45)/t22-,23-,27+,29-,37-/m1/s1. The van der Waals surface area contributed by atoms with Crippen LogP contribution >= 0.6 is 0 Å². The minimum atomic E-state index is -3.90. The number of aromatic nitrogens is 1. The fourth-order valence-corrected chi connectivity index (χ4v) is 8.30. The molecule has 2 saturated carbocycles. The summed E-state index contributed by atoms with van der Waals surface area (Å²) in [5.74, 6) is -1.49. The van der Waals surface area contributed by atoms with Crippen LogP contribution in [0.5, 0.6) is 11.6 Å². The molecular formula is C37H49N5O9S. The molecule has 14 nitrogen and oxygen atoms in total. The summed E-state index contributed by atoms with van der Waals surface area (Å²) >= 11 is 0. The van der Waals surface area contributed by atoms with Crippen LogP contribution in [0.2, 0.25) is 0 Å². The molecule has 0 spiro atoms. The Kier molecular flexibility index (Phi) is 9.73. The van der Waals surface area contributed by atoms with Crippen LogP contribution in [-0.4, -0.2) is 89.8 Å². The van der Waals surface area contributed by atoms with E-state index in [0.29, 0.717) is 30.7 Å². The largest absolute Gasteiger partial charge is 0.493 e. The molecule has 1 aromatic heterocycles. The van der Waals surface area contributed by atoms with Crippen molar-refractivity contribution in [2.24, 2.45) is 11.3 Å². The number of ether oxygens (including phenoxy) is 3. The Balaban J connectivity index is 1.30. The van der Waals surface area contributed by atoms with Gasteiger partial charge in [0.1, 0.15) is 35.1 Å². The van der Waals surface area contributed by atoms with Crippen molar-refractivity contribution in [1.82, 2.24) is 25.2 Å². The van der Waals surface area contributed by atoms with Crippen LogP contribution in [0.3, 0.4) is 0 Å². The third-order valence-corrected chi connectivity index (χ3v) is 11.7. The molecule has 3 heterocycles. The number of nitrogens with one attached hydrogen (secondary N) is 3. The number of carbonyl (C=O) groups excluding carboxylic acids is 4. The third kappa shape index (κ3) is 7.69. The van der Waals surface area contributed by atoms with E-state index >= 15 is 0 Å². The van der Waals surface area contributed by atoms with Gasteiger partial charge in [-0.1, -0.05) is 32.9 Å². The number of pyridine rings is 1. The van der Waals surface area contributed by atoms with Crippen molar-refractivity contribution in [3.63, 3.8) is 0 Å². The van der Waals surface area contributed by atoms with Gasteiger partial charge in [-0.15, -0.1) is 6.58 Å². The zero-order valence-electron chi connectivity index (χ0n) is 30.6. The monoisotopic (exact) mass is 739 g/mol. The molecule has 4 aliphatic rings. The number of sulfonamides is 1. The molecule has 15 heteroatoms. The minimum absolute atomic E-state index is 0.0250. The number of amides is 4. The molecule has 52 heavy (non-hydrogen) atoms. The van der Waals surface area contributed by atoms with E-state index in [4.69, 9.17) is 14.2 Å². The van der Waals surface area contributed by atoms with Gasteiger partial charge in [0.25, 0.3) is 5.91 Å². The number of benzene rings is 1.